The van der Waals surface area contributed by atoms with Crippen LogP contribution in [0.1, 0.15) is 51.0 Å². The zero-order valence-corrected chi connectivity index (χ0v) is 12.3. The molecule has 1 fully saturated rings. The minimum atomic E-state index is 0.470. The highest BCUT2D eigenvalue weighted by atomic mass is 16.5. The van der Waals surface area contributed by atoms with Crippen LogP contribution in [-0.4, -0.2) is 25.3 Å². The number of nitrogens with one attached hydrogen (secondary N) is 1. The fourth-order valence-electron chi connectivity index (χ4n) is 2.80. The second kappa shape index (κ2) is 7.66. The van der Waals surface area contributed by atoms with Gasteiger partial charge in [-0.25, -0.2) is 0 Å². The zero-order chi connectivity index (χ0) is 13.5. The van der Waals surface area contributed by atoms with Gasteiger partial charge in [0.05, 0.1) is 6.10 Å². The van der Waals surface area contributed by atoms with E-state index in [0.717, 1.165) is 26.0 Å². The maximum absolute atomic E-state index is 5.71. The summed E-state index contributed by atoms with van der Waals surface area (Å²) in [5.74, 6) is 0.635. The quantitative estimate of drug-likeness (QED) is 0.842. The number of hydrogen-bond acceptors (Lipinski definition) is 2. The molecule has 1 N–H and O–H groups in total. The minimum absolute atomic E-state index is 0.470. The standard InChI is InChI=1S/C17H27NO/c1-3-17-13-16(10-12-19-17)18-11-9-14(2)15-7-5-4-6-8-15/h4-8,14,16-18H,3,9-13H2,1-2H3. The Morgan fingerprint density at radius 1 is 1.32 bits per heavy atom. The van der Waals surface area contributed by atoms with Crippen molar-refractivity contribution in [3.05, 3.63) is 35.9 Å². The summed E-state index contributed by atoms with van der Waals surface area (Å²) in [4.78, 5) is 0. The monoisotopic (exact) mass is 261 g/mol. The lowest BCUT2D eigenvalue weighted by atomic mass is 9.97. The first-order chi connectivity index (χ1) is 9.29. The Labute approximate surface area is 117 Å². The average Bonchev–Trinajstić information content (AvgIpc) is 2.48. The zero-order valence-electron chi connectivity index (χ0n) is 12.3. The third-order valence-electron chi connectivity index (χ3n) is 4.20. The van der Waals surface area contributed by atoms with Crippen LogP contribution in [0.25, 0.3) is 0 Å². The van der Waals surface area contributed by atoms with Gasteiger partial charge < -0.3 is 10.1 Å². The molecule has 0 spiro atoms. The molecule has 2 heteroatoms. The molecule has 1 aliphatic heterocycles. The molecule has 1 aromatic rings. The van der Waals surface area contributed by atoms with Crippen molar-refractivity contribution in [1.82, 2.24) is 5.32 Å². The van der Waals surface area contributed by atoms with Gasteiger partial charge in [0, 0.05) is 12.6 Å². The fraction of sp³-hybridized carbons (Fsp3) is 0.647. The van der Waals surface area contributed by atoms with Gasteiger partial charge in [0.1, 0.15) is 0 Å². The summed E-state index contributed by atoms with van der Waals surface area (Å²) in [6, 6.07) is 11.5. The Bertz CT molecular complexity index is 352. The Morgan fingerprint density at radius 2 is 2.11 bits per heavy atom. The Balaban J connectivity index is 1.69. The number of rotatable bonds is 6. The smallest absolute Gasteiger partial charge is 0.0587 e. The summed E-state index contributed by atoms with van der Waals surface area (Å²) in [6.07, 6.45) is 5.15. The van der Waals surface area contributed by atoms with Crippen molar-refractivity contribution in [2.24, 2.45) is 0 Å². The molecule has 19 heavy (non-hydrogen) atoms. The highest BCUT2D eigenvalue weighted by Gasteiger charge is 2.20. The van der Waals surface area contributed by atoms with Crippen LogP contribution in [0.5, 0.6) is 0 Å². The summed E-state index contributed by atoms with van der Waals surface area (Å²) >= 11 is 0. The first-order valence-corrected chi connectivity index (χ1v) is 7.69. The lowest BCUT2D eigenvalue weighted by Gasteiger charge is -2.30. The highest BCUT2D eigenvalue weighted by molar-refractivity contribution is 5.18. The molecule has 1 aliphatic rings. The van der Waals surface area contributed by atoms with E-state index in [1.807, 2.05) is 0 Å². The van der Waals surface area contributed by atoms with E-state index < -0.39 is 0 Å². The molecular weight excluding hydrogens is 234 g/mol. The van der Waals surface area contributed by atoms with E-state index in [9.17, 15) is 0 Å². The van der Waals surface area contributed by atoms with Gasteiger partial charge in [0.15, 0.2) is 0 Å². The molecule has 0 aliphatic carbocycles. The molecule has 2 nitrogen and oxygen atoms in total. The summed E-state index contributed by atoms with van der Waals surface area (Å²) in [5.41, 5.74) is 1.45. The summed E-state index contributed by atoms with van der Waals surface area (Å²) < 4.78 is 5.71. The van der Waals surface area contributed by atoms with Gasteiger partial charge in [-0.05, 0) is 43.7 Å². The molecule has 3 unspecified atom stereocenters. The van der Waals surface area contributed by atoms with Crippen molar-refractivity contribution >= 4 is 0 Å². The molecule has 0 bridgehead atoms. The van der Waals surface area contributed by atoms with Crippen molar-refractivity contribution in [2.45, 2.75) is 57.6 Å². The average molecular weight is 261 g/mol. The summed E-state index contributed by atoms with van der Waals surface area (Å²) in [6.45, 7) is 6.56. The van der Waals surface area contributed by atoms with Gasteiger partial charge in [-0.2, -0.15) is 0 Å². The van der Waals surface area contributed by atoms with Crippen molar-refractivity contribution in [2.75, 3.05) is 13.2 Å². The lowest BCUT2D eigenvalue weighted by Crippen LogP contribution is -2.39. The van der Waals surface area contributed by atoms with Gasteiger partial charge in [-0.15, -0.1) is 0 Å². The molecule has 1 heterocycles. The predicted octanol–water partition coefficient (Wildman–Crippen LogP) is 3.73. The van der Waals surface area contributed by atoms with Crippen LogP contribution < -0.4 is 5.32 Å². The van der Waals surface area contributed by atoms with Crippen LogP contribution in [0, 0.1) is 0 Å². The first-order valence-electron chi connectivity index (χ1n) is 7.69. The second-order valence-corrected chi connectivity index (χ2v) is 5.68. The number of ether oxygens (including phenoxy) is 1. The number of benzene rings is 1. The van der Waals surface area contributed by atoms with Gasteiger partial charge in [-0.3, -0.25) is 0 Å². The third-order valence-corrected chi connectivity index (χ3v) is 4.20. The third kappa shape index (κ3) is 4.63. The molecule has 1 aromatic carbocycles. The topological polar surface area (TPSA) is 21.3 Å². The van der Waals surface area contributed by atoms with Crippen molar-refractivity contribution in [3.8, 4) is 0 Å². The van der Waals surface area contributed by atoms with E-state index in [4.69, 9.17) is 4.74 Å². The predicted molar refractivity (Wildman–Crippen MR) is 80.5 cm³/mol. The van der Waals surface area contributed by atoms with Crippen LogP contribution in [0.2, 0.25) is 0 Å². The van der Waals surface area contributed by atoms with Gasteiger partial charge in [0.25, 0.3) is 0 Å². The molecule has 0 radical (unpaired) electrons. The van der Waals surface area contributed by atoms with Crippen molar-refractivity contribution < 1.29 is 4.74 Å². The molecule has 0 saturated carbocycles. The first kappa shape index (κ1) is 14.5. The van der Waals surface area contributed by atoms with Crippen LogP contribution in [0.3, 0.4) is 0 Å². The van der Waals surface area contributed by atoms with Crippen molar-refractivity contribution in [1.29, 1.82) is 0 Å². The fourth-order valence-corrected chi connectivity index (χ4v) is 2.80. The maximum atomic E-state index is 5.71. The number of hydrogen-bond donors (Lipinski definition) is 1. The maximum Gasteiger partial charge on any atom is 0.0587 e. The summed E-state index contributed by atoms with van der Waals surface area (Å²) in [7, 11) is 0. The van der Waals surface area contributed by atoms with E-state index in [1.165, 1.54) is 18.4 Å². The van der Waals surface area contributed by atoms with Gasteiger partial charge >= 0.3 is 0 Å². The van der Waals surface area contributed by atoms with E-state index in [-0.39, 0.29) is 0 Å². The molecule has 3 atom stereocenters. The lowest BCUT2D eigenvalue weighted by molar-refractivity contribution is -0.0000306. The molecule has 0 amide bonds. The van der Waals surface area contributed by atoms with Crippen LogP contribution in [-0.2, 0) is 4.74 Å². The Hall–Kier alpha value is -0.860. The van der Waals surface area contributed by atoms with Crippen LogP contribution in [0.15, 0.2) is 30.3 Å². The Kier molecular flexibility index (Phi) is 5.87. The normalized spacial score (nSPS) is 25.2. The second-order valence-electron chi connectivity index (χ2n) is 5.68. The molecule has 106 valence electrons. The summed E-state index contributed by atoms with van der Waals surface area (Å²) in [5, 5.41) is 3.71. The van der Waals surface area contributed by atoms with Gasteiger partial charge in [0.2, 0.25) is 0 Å². The highest BCUT2D eigenvalue weighted by Crippen LogP contribution is 2.19. The molecule has 2 rings (SSSR count). The SMILES string of the molecule is CCC1CC(NCCC(C)c2ccccc2)CCO1. The Morgan fingerprint density at radius 3 is 2.84 bits per heavy atom. The molecule has 1 saturated heterocycles. The molecular formula is C17H27NO. The van der Waals surface area contributed by atoms with Crippen LogP contribution in [0.4, 0.5) is 0 Å². The minimum Gasteiger partial charge on any atom is -0.378 e. The van der Waals surface area contributed by atoms with E-state index in [2.05, 4.69) is 49.5 Å². The van der Waals surface area contributed by atoms with Crippen LogP contribution >= 0.6 is 0 Å². The molecule has 0 aromatic heterocycles. The van der Waals surface area contributed by atoms with E-state index in [1.54, 1.807) is 0 Å². The van der Waals surface area contributed by atoms with E-state index >= 15 is 0 Å². The van der Waals surface area contributed by atoms with Gasteiger partial charge in [-0.1, -0.05) is 44.2 Å². The largest absolute Gasteiger partial charge is 0.378 e. The van der Waals surface area contributed by atoms with Crippen molar-refractivity contribution in [3.63, 3.8) is 0 Å². The van der Waals surface area contributed by atoms with E-state index in [0.29, 0.717) is 18.1 Å².